The van der Waals surface area contributed by atoms with Gasteiger partial charge in [-0.1, -0.05) is 51.1 Å². The van der Waals surface area contributed by atoms with Crippen molar-refractivity contribution in [2.75, 3.05) is 0 Å². The van der Waals surface area contributed by atoms with Crippen molar-refractivity contribution in [1.29, 1.82) is 0 Å². The van der Waals surface area contributed by atoms with E-state index in [-0.39, 0.29) is 6.04 Å². The largest absolute Gasteiger partial charge is 0.344 e. The van der Waals surface area contributed by atoms with E-state index in [4.69, 9.17) is 10.7 Å². The number of hydrogen-bond donors (Lipinski definition) is 2. The molecular weight excluding hydrogens is 222 g/mol. The number of hydrogen-bond acceptors (Lipinski definition) is 2. The molecule has 2 rings (SSSR count). The fourth-order valence-electron chi connectivity index (χ4n) is 1.99. The van der Waals surface area contributed by atoms with Gasteiger partial charge in [0.05, 0.1) is 11.7 Å². The van der Waals surface area contributed by atoms with Gasteiger partial charge in [0.15, 0.2) is 0 Å². The van der Waals surface area contributed by atoms with Crippen LogP contribution in [0.5, 0.6) is 0 Å². The van der Waals surface area contributed by atoms with Crippen LogP contribution < -0.4 is 5.73 Å². The second-order valence-electron chi connectivity index (χ2n) is 4.94. The molecule has 0 saturated carbocycles. The fourth-order valence-corrected chi connectivity index (χ4v) is 1.99. The Balaban J connectivity index is 2.42. The molecule has 0 saturated heterocycles. The average molecular weight is 243 g/mol. The summed E-state index contributed by atoms with van der Waals surface area (Å²) in [5.41, 5.74) is 9.50. The molecule has 1 aromatic carbocycles. The van der Waals surface area contributed by atoms with Crippen molar-refractivity contribution in [2.45, 2.75) is 33.2 Å². The van der Waals surface area contributed by atoms with Crippen molar-refractivity contribution in [3.63, 3.8) is 0 Å². The topological polar surface area (TPSA) is 54.7 Å². The van der Waals surface area contributed by atoms with E-state index in [1.807, 2.05) is 18.2 Å². The molecule has 0 radical (unpaired) electrons. The standard InChI is InChI=1S/C15H21N3/c1-4-12-14(11-8-6-5-7-9-11)18-15(17-12)13(16)10(2)3/h5-10,13H,4,16H2,1-3H3,(H,17,18). The third kappa shape index (κ3) is 2.46. The minimum Gasteiger partial charge on any atom is -0.344 e. The molecule has 0 spiro atoms. The van der Waals surface area contributed by atoms with Crippen molar-refractivity contribution in [1.82, 2.24) is 9.97 Å². The maximum atomic E-state index is 6.16. The molecule has 0 amide bonds. The Morgan fingerprint density at radius 2 is 1.89 bits per heavy atom. The highest BCUT2D eigenvalue weighted by Crippen LogP contribution is 2.25. The van der Waals surface area contributed by atoms with Crippen LogP contribution in [-0.2, 0) is 6.42 Å². The lowest BCUT2D eigenvalue weighted by atomic mass is 10.1. The third-order valence-corrected chi connectivity index (χ3v) is 3.23. The van der Waals surface area contributed by atoms with E-state index in [1.165, 1.54) is 0 Å². The number of rotatable bonds is 4. The molecule has 1 heterocycles. The van der Waals surface area contributed by atoms with E-state index >= 15 is 0 Å². The Morgan fingerprint density at radius 3 is 2.44 bits per heavy atom. The van der Waals surface area contributed by atoms with Crippen molar-refractivity contribution in [3.05, 3.63) is 41.9 Å². The molecule has 3 nitrogen and oxygen atoms in total. The van der Waals surface area contributed by atoms with Gasteiger partial charge in [0.2, 0.25) is 0 Å². The van der Waals surface area contributed by atoms with E-state index < -0.39 is 0 Å². The van der Waals surface area contributed by atoms with Gasteiger partial charge in [0, 0.05) is 11.3 Å². The molecule has 18 heavy (non-hydrogen) atoms. The van der Waals surface area contributed by atoms with E-state index in [9.17, 15) is 0 Å². The molecule has 3 N–H and O–H groups in total. The van der Waals surface area contributed by atoms with E-state index in [2.05, 4.69) is 37.9 Å². The van der Waals surface area contributed by atoms with Gasteiger partial charge >= 0.3 is 0 Å². The predicted molar refractivity (Wildman–Crippen MR) is 75.2 cm³/mol. The SMILES string of the molecule is CCc1[nH]c(C(N)C(C)C)nc1-c1ccccc1. The lowest BCUT2D eigenvalue weighted by molar-refractivity contribution is 0.493. The van der Waals surface area contributed by atoms with E-state index in [0.29, 0.717) is 5.92 Å². The molecule has 1 atom stereocenters. The van der Waals surface area contributed by atoms with Crippen LogP contribution in [0, 0.1) is 5.92 Å². The molecule has 1 unspecified atom stereocenters. The summed E-state index contributed by atoms with van der Waals surface area (Å²) in [7, 11) is 0. The molecule has 2 aromatic rings. The highest BCUT2D eigenvalue weighted by molar-refractivity contribution is 5.62. The maximum absolute atomic E-state index is 6.16. The lowest BCUT2D eigenvalue weighted by Gasteiger charge is -2.11. The highest BCUT2D eigenvalue weighted by Gasteiger charge is 2.17. The average Bonchev–Trinajstić information content (AvgIpc) is 2.82. The van der Waals surface area contributed by atoms with Crippen LogP contribution >= 0.6 is 0 Å². The molecule has 0 bridgehead atoms. The number of aryl methyl sites for hydroxylation is 1. The number of aromatic amines is 1. The van der Waals surface area contributed by atoms with Crippen LogP contribution in [0.15, 0.2) is 30.3 Å². The van der Waals surface area contributed by atoms with Crippen LogP contribution in [0.1, 0.15) is 38.3 Å². The van der Waals surface area contributed by atoms with Gasteiger partial charge in [0.25, 0.3) is 0 Å². The van der Waals surface area contributed by atoms with Gasteiger partial charge < -0.3 is 10.7 Å². The maximum Gasteiger partial charge on any atom is 0.124 e. The Hall–Kier alpha value is -1.61. The zero-order valence-corrected chi connectivity index (χ0v) is 11.3. The van der Waals surface area contributed by atoms with Crippen molar-refractivity contribution in [3.8, 4) is 11.3 Å². The van der Waals surface area contributed by atoms with Crippen molar-refractivity contribution in [2.24, 2.45) is 11.7 Å². The van der Waals surface area contributed by atoms with Gasteiger partial charge in [0.1, 0.15) is 5.82 Å². The first kappa shape index (κ1) is 12.8. The summed E-state index contributed by atoms with van der Waals surface area (Å²) in [4.78, 5) is 8.07. The van der Waals surface area contributed by atoms with Crippen molar-refractivity contribution >= 4 is 0 Å². The molecule has 3 heteroatoms. The van der Waals surface area contributed by atoms with E-state index in [0.717, 1.165) is 29.2 Å². The second-order valence-corrected chi connectivity index (χ2v) is 4.94. The molecule has 0 aliphatic heterocycles. The Morgan fingerprint density at radius 1 is 1.22 bits per heavy atom. The van der Waals surface area contributed by atoms with Gasteiger partial charge in [-0.05, 0) is 12.3 Å². The van der Waals surface area contributed by atoms with Crippen molar-refractivity contribution < 1.29 is 0 Å². The predicted octanol–water partition coefficient (Wildman–Crippen LogP) is 3.29. The molecule has 0 aliphatic carbocycles. The first-order valence-corrected chi connectivity index (χ1v) is 6.53. The summed E-state index contributed by atoms with van der Waals surface area (Å²) in [5, 5.41) is 0. The smallest absolute Gasteiger partial charge is 0.124 e. The van der Waals surface area contributed by atoms with E-state index in [1.54, 1.807) is 0 Å². The summed E-state index contributed by atoms with van der Waals surface area (Å²) >= 11 is 0. The highest BCUT2D eigenvalue weighted by atomic mass is 15.0. The molecular formula is C15H21N3. The van der Waals surface area contributed by atoms with Crippen LogP contribution in [0.2, 0.25) is 0 Å². The molecule has 0 aliphatic rings. The van der Waals surface area contributed by atoms with Gasteiger partial charge in [-0.2, -0.15) is 0 Å². The van der Waals surface area contributed by atoms with Gasteiger partial charge in [-0.3, -0.25) is 0 Å². The Bertz CT molecular complexity index is 500. The number of H-pyrrole nitrogens is 1. The number of imidazole rings is 1. The minimum absolute atomic E-state index is 0.0345. The first-order valence-electron chi connectivity index (χ1n) is 6.53. The Kier molecular flexibility index (Phi) is 3.82. The van der Waals surface area contributed by atoms with Gasteiger partial charge in [-0.25, -0.2) is 4.98 Å². The number of nitrogens with two attached hydrogens (primary N) is 1. The number of benzene rings is 1. The summed E-state index contributed by atoms with van der Waals surface area (Å²) in [5.74, 6) is 1.27. The third-order valence-electron chi connectivity index (χ3n) is 3.23. The van der Waals surface area contributed by atoms with Gasteiger partial charge in [-0.15, -0.1) is 0 Å². The van der Waals surface area contributed by atoms with Crippen LogP contribution in [-0.4, -0.2) is 9.97 Å². The van der Waals surface area contributed by atoms with Crippen LogP contribution in [0.3, 0.4) is 0 Å². The quantitative estimate of drug-likeness (QED) is 0.865. The Labute approximate surface area is 108 Å². The lowest BCUT2D eigenvalue weighted by Crippen LogP contribution is -2.18. The minimum atomic E-state index is -0.0345. The molecule has 96 valence electrons. The van der Waals surface area contributed by atoms with Crippen LogP contribution in [0.25, 0.3) is 11.3 Å². The number of nitrogens with one attached hydrogen (secondary N) is 1. The normalized spacial score (nSPS) is 12.9. The zero-order valence-electron chi connectivity index (χ0n) is 11.3. The number of nitrogens with zero attached hydrogens (tertiary/aromatic N) is 1. The first-order chi connectivity index (χ1) is 8.63. The second kappa shape index (κ2) is 5.36. The molecule has 0 fully saturated rings. The molecule has 1 aromatic heterocycles. The monoisotopic (exact) mass is 243 g/mol. The number of aromatic nitrogens is 2. The summed E-state index contributed by atoms with van der Waals surface area (Å²) < 4.78 is 0. The summed E-state index contributed by atoms with van der Waals surface area (Å²) in [6.45, 7) is 6.35. The fraction of sp³-hybridized carbons (Fsp3) is 0.400. The zero-order chi connectivity index (χ0) is 13.1. The summed E-state index contributed by atoms with van der Waals surface area (Å²) in [6.07, 6.45) is 0.933. The summed E-state index contributed by atoms with van der Waals surface area (Å²) in [6, 6.07) is 10.2. The van der Waals surface area contributed by atoms with Crippen LogP contribution in [0.4, 0.5) is 0 Å².